The zero-order valence-electron chi connectivity index (χ0n) is 17.8. The van der Waals surface area contributed by atoms with Crippen molar-refractivity contribution in [3.05, 3.63) is 52.1 Å². The second-order valence-corrected chi connectivity index (χ2v) is 9.07. The van der Waals surface area contributed by atoms with Crippen molar-refractivity contribution in [2.24, 2.45) is 5.73 Å². The van der Waals surface area contributed by atoms with E-state index in [0.29, 0.717) is 11.3 Å². The minimum atomic E-state index is -0.113. The summed E-state index contributed by atoms with van der Waals surface area (Å²) in [6, 6.07) is 7.93. The fourth-order valence-corrected chi connectivity index (χ4v) is 5.25. The maximum atomic E-state index is 11.8. The van der Waals surface area contributed by atoms with Gasteiger partial charge in [0, 0.05) is 11.8 Å². The van der Waals surface area contributed by atoms with Crippen molar-refractivity contribution in [2.45, 2.75) is 51.7 Å². The van der Waals surface area contributed by atoms with Crippen molar-refractivity contribution >= 4 is 22.8 Å². The first-order valence-corrected chi connectivity index (χ1v) is 11.4. The fraction of sp³-hybridized carbons (Fsp3) is 0.375. The lowest BCUT2D eigenvalue weighted by Crippen LogP contribution is -2.38. The Labute approximate surface area is 186 Å². The molecule has 0 unspecified atom stereocenters. The van der Waals surface area contributed by atoms with Crippen LogP contribution in [0.15, 0.2) is 41.6 Å². The molecule has 0 aliphatic heterocycles. The van der Waals surface area contributed by atoms with Gasteiger partial charge in [-0.15, -0.1) is 11.3 Å². The van der Waals surface area contributed by atoms with Gasteiger partial charge in [0.15, 0.2) is 0 Å². The second kappa shape index (κ2) is 9.04. The maximum Gasteiger partial charge on any atom is 0.234 e. The molecular formula is C24H26N4O2S. The van der Waals surface area contributed by atoms with Crippen molar-refractivity contribution in [3.63, 3.8) is 0 Å². The van der Waals surface area contributed by atoms with E-state index in [0.717, 1.165) is 41.1 Å². The van der Waals surface area contributed by atoms with Gasteiger partial charge < -0.3 is 15.8 Å². The summed E-state index contributed by atoms with van der Waals surface area (Å²) in [6.07, 6.45) is 7.98. The summed E-state index contributed by atoms with van der Waals surface area (Å²) in [5.74, 6) is 0.485. The molecule has 0 spiro atoms. The molecule has 0 radical (unpaired) electrons. The number of hydrogen-bond donors (Lipinski definition) is 2. The molecule has 160 valence electrons. The average molecular weight is 435 g/mol. The number of rotatable bonds is 6. The number of carbonyl (C=O) groups is 1. The molecule has 4 rings (SSSR count). The maximum absolute atomic E-state index is 11.8. The van der Waals surface area contributed by atoms with Crippen LogP contribution in [0.1, 0.15) is 50.0 Å². The summed E-state index contributed by atoms with van der Waals surface area (Å²) in [5.41, 5.74) is 10.8. The van der Waals surface area contributed by atoms with Crippen molar-refractivity contribution in [2.75, 3.05) is 6.54 Å². The van der Waals surface area contributed by atoms with Crippen LogP contribution in [0.2, 0.25) is 0 Å². The first-order chi connectivity index (χ1) is 15.0. The number of aromatic nitrogens is 1. The van der Waals surface area contributed by atoms with Gasteiger partial charge in [0.05, 0.1) is 29.1 Å². The lowest BCUT2D eigenvalue weighted by molar-refractivity contribution is -0.120. The van der Waals surface area contributed by atoms with Gasteiger partial charge in [-0.2, -0.15) is 5.26 Å². The Morgan fingerprint density at radius 3 is 2.97 bits per heavy atom. The number of hydrogen-bond acceptors (Lipinski definition) is 6. The normalized spacial score (nSPS) is 17.9. The number of ether oxygens (including phenoxy) is 1. The number of amides is 1. The van der Waals surface area contributed by atoms with E-state index >= 15 is 0 Å². The highest BCUT2D eigenvalue weighted by Crippen LogP contribution is 2.44. The van der Waals surface area contributed by atoms with E-state index in [1.54, 1.807) is 11.3 Å². The van der Waals surface area contributed by atoms with Gasteiger partial charge in [-0.1, -0.05) is 6.08 Å². The Morgan fingerprint density at radius 2 is 2.23 bits per heavy atom. The molecule has 1 aromatic heterocycles. The quantitative estimate of drug-likeness (QED) is 0.710. The van der Waals surface area contributed by atoms with E-state index in [4.69, 9.17) is 10.5 Å². The van der Waals surface area contributed by atoms with Crippen molar-refractivity contribution in [1.82, 2.24) is 10.3 Å². The molecule has 1 saturated carbocycles. The topological polar surface area (TPSA) is 101 Å². The van der Waals surface area contributed by atoms with Crippen LogP contribution >= 0.6 is 11.3 Å². The third-order valence-electron chi connectivity index (χ3n) is 5.56. The highest BCUT2D eigenvalue weighted by Gasteiger charge is 2.31. The monoisotopic (exact) mass is 434 g/mol. The number of nitriles is 1. The molecule has 1 heterocycles. The molecule has 2 aliphatic rings. The van der Waals surface area contributed by atoms with Gasteiger partial charge in [-0.3, -0.25) is 4.79 Å². The number of benzene rings is 1. The van der Waals surface area contributed by atoms with E-state index in [2.05, 4.69) is 22.4 Å². The Hall–Kier alpha value is -2.95. The molecule has 1 aromatic carbocycles. The van der Waals surface area contributed by atoms with Crippen LogP contribution in [0, 0.1) is 11.3 Å². The van der Waals surface area contributed by atoms with Gasteiger partial charge in [-0.05, 0) is 74.4 Å². The largest absolute Gasteiger partial charge is 0.490 e. The minimum absolute atomic E-state index is 0.0104. The Bertz CT molecular complexity index is 1110. The number of nitrogens with zero attached hydrogens (tertiary/aromatic N) is 2. The van der Waals surface area contributed by atoms with Crippen molar-refractivity contribution in [1.29, 1.82) is 5.26 Å². The lowest BCUT2D eigenvalue weighted by atomic mass is 9.91. The summed E-state index contributed by atoms with van der Waals surface area (Å²) >= 11 is 1.65. The number of thiazole rings is 1. The predicted octanol–water partition coefficient (Wildman–Crippen LogP) is 4.18. The zero-order valence-corrected chi connectivity index (χ0v) is 18.6. The number of nitrogens with two attached hydrogens (primary N) is 1. The van der Waals surface area contributed by atoms with Crippen LogP contribution in [0.5, 0.6) is 5.75 Å². The van der Waals surface area contributed by atoms with E-state index in [9.17, 15) is 10.1 Å². The molecular weight excluding hydrogens is 408 g/mol. The van der Waals surface area contributed by atoms with Crippen LogP contribution in [0.25, 0.3) is 16.1 Å². The molecule has 1 fully saturated rings. The van der Waals surface area contributed by atoms with E-state index in [1.807, 2.05) is 38.2 Å². The van der Waals surface area contributed by atoms with Gasteiger partial charge >= 0.3 is 0 Å². The summed E-state index contributed by atoms with van der Waals surface area (Å²) in [4.78, 5) is 17.6. The first-order valence-electron chi connectivity index (χ1n) is 10.6. The summed E-state index contributed by atoms with van der Waals surface area (Å²) in [6.45, 7) is 3.90. The van der Waals surface area contributed by atoms with E-state index in [-0.39, 0.29) is 24.6 Å². The SMILES string of the molecule is CC(C)Oc1ccc(-c2ncc(C3=C4CC[C@H](NC(=O)CN)C4=CCC3)s2)cc1C#N. The highest BCUT2D eigenvalue weighted by molar-refractivity contribution is 7.16. The molecule has 0 saturated heterocycles. The lowest BCUT2D eigenvalue weighted by Gasteiger charge is -2.20. The minimum Gasteiger partial charge on any atom is -0.490 e. The van der Waals surface area contributed by atoms with Gasteiger partial charge in [0.1, 0.15) is 16.8 Å². The molecule has 6 nitrogen and oxygen atoms in total. The fourth-order valence-electron chi connectivity index (χ4n) is 4.24. The molecule has 2 aliphatic carbocycles. The van der Waals surface area contributed by atoms with Crippen LogP contribution in [0.4, 0.5) is 0 Å². The summed E-state index contributed by atoms with van der Waals surface area (Å²) in [5, 5.41) is 13.4. The zero-order chi connectivity index (χ0) is 22.0. The Balaban J connectivity index is 1.61. The molecule has 31 heavy (non-hydrogen) atoms. The van der Waals surface area contributed by atoms with E-state index < -0.39 is 0 Å². The first kappa shape index (κ1) is 21.3. The Morgan fingerprint density at radius 1 is 1.39 bits per heavy atom. The number of allylic oxidation sites excluding steroid dienone is 2. The number of fused-ring (bicyclic) bond motifs is 1. The smallest absolute Gasteiger partial charge is 0.234 e. The third kappa shape index (κ3) is 4.41. The molecule has 7 heteroatoms. The molecule has 1 amide bonds. The number of carbonyl (C=O) groups excluding carboxylic acids is 1. The molecule has 2 aromatic rings. The number of nitrogens with one attached hydrogen (secondary N) is 1. The van der Waals surface area contributed by atoms with Gasteiger partial charge in [0.25, 0.3) is 0 Å². The van der Waals surface area contributed by atoms with E-state index in [1.165, 1.54) is 16.7 Å². The van der Waals surface area contributed by atoms with Gasteiger partial charge in [0.2, 0.25) is 5.91 Å². The average Bonchev–Trinajstić information content (AvgIpc) is 3.41. The second-order valence-electron chi connectivity index (χ2n) is 8.04. The highest BCUT2D eigenvalue weighted by atomic mass is 32.1. The van der Waals surface area contributed by atoms with Crippen LogP contribution < -0.4 is 15.8 Å². The molecule has 3 N–H and O–H groups in total. The third-order valence-corrected chi connectivity index (χ3v) is 6.67. The molecule has 1 atom stereocenters. The van der Waals surface area contributed by atoms with Crippen molar-refractivity contribution in [3.8, 4) is 22.4 Å². The van der Waals surface area contributed by atoms with Crippen molar-refractivity contribution < 1.29 is 9.53 Å². The Kier molecular flexibility index (Phi) is 6.21. The molecule has 0 bridgehead atoms. The van der Waals surface area contributed by atoms with Crippen LogP contribution in [0.3, 0.4) is 0 Å². The van der Waals surface area contributed by atoms with Crippen LogP contribution in [-0.4, -0.2) is 29.6 Å². The standard InChI is InChI=1S/C24H26N4O2S/c1-14(2)30-21-9-6-15(10-16(21)11-25)24-27-13-22(31-24)19-5-3-4-18-17(19)7-8-20(18)28-23(29)12-26/h4,6,9-10,13-14,20H,3,5,7-8,12,26H2,1-2H3,(H,28,29)/t20-/m0/s1. The van der Waals surface area contributed by atoms with Gasteiger partial charge in [-0.25, -0.2) is 4.98 Å². The summed E-state index contributed by atoms with van der Waals surface area (Å²) < 4.78 is 5.73. The predicted molar refractivity (Wildman–Crippen MR) is 122 cm³/mol. The summed E-state index contributed by atoms with van der Waals surface area (Å²) in [7, 11) is 0. The van der Waals surface area contributed by atoms with Crippen LogP contribution in [-0.2, 0) is 4.79 Å².